The van der Waals surface area contributed by atoms with E-state index in [4.69, 9.17) is 11.2 Å². The molecule has 0 radical (unpaired) electrons. The van der Waals surface area contributed by atoms with Crippen LogP contribution in [-0.4, -0.2) is 65.8 Å². The largest absolute Gasteiger partial charge is 0.468 e. The third-order valence-electron chi connectivity index (χ3n) is 4.05. The van der Waals surface area contributed by atoms with Crippen molar-refractivity contribution in [2.75, 3.05) is 20.3 Å². The van der Waals surface area contributed by atoms with Gasteiger partial charge in [0.15, 0.2) is 0 Å². The van der Waals surface area contributed by atoms with Crippen LogP contribution in [0.2, 0.25) is 0 Å². The van der Waals surface area contributed by atoms with Gasteiger partial charge in [-0.25, -0.2) is 4.79 Å². The molecule has 1 aromatic rings. The fraction of sp³-hybridized carbons (Fsp3) is 0.455. The lowest BCUT2D eigenvalue weighted by molar-refractivity contribution is -0.143. The molecule has 10 nitrogen and oxygen atoms in total. The number of rotatable bonds is 8. The molecule has 2 unspecified atom stereocenters. The number of aryl methyl sites for hydroxylation is 1. The number of carbonyl (C=O) groups excluding carboxylic acids is 4. The number of nitrogens with zero attached hydrogens (tertiary/aromatic N) is 1. The first-order chi connectivity index (χ1) is 14.9. The minimum atomic E-state index is -1.47. The van der Waals surface area contributed by atoms with Gasteiger partial charge in [0.25, 0.3) is 5.91 Å². The number of hydrogen-bond acceptors (Lipinski definition) is 7. The van der Waals surface area contributed by atoms with Crippen LogP contribution in [0.4, 0.5) is 4.79 Å². The van der Waals surface area contributed by atoms with Crippen LogP contribution in [0.5, 0.6) is 0 Å². The predicted molar refractivity (Wildman–Crippen MR) is 115 cm³/mol. The highest BCUT2D eigenvalue weighted by atomic mass is 16.6. The smallest absolute Gasteiger partial charge is 0.408 e. The number of amides is 3. The van der Waals surface area contributed by atoms with E-state index in [9.17, 15) is 24.3 Å². The van der Waals surface area contributed by atoms with Crippen molar-refractivity contribution in [3.8, 4) is 12.5 Å². The maximum atomic E-state index is 13.1. The Bertz CT molecular complexity index is 886. The molecule has 1 aromatic carbocycles. The zero-order valence-electron chi connectivity index (χ0n) is 18.8. The second-order valence-corrected chi connectivity index (χ2v) is 7.83. The van der Waals surface area contributed by atoms with Crippen LogP contribution in [0.3, 0.4) is 0 Å². The molecule has 1 rings (SSSR count). The van der Waals surface area contributed by atoms with Gasteiger partial charge in [-0.1, -0.05) is 36.3 Å². The van der Waals surface area contributed by atoms with E-state index in [0.29, 0.717) is 5.56 Å². The van der Waals surface area contributed by atoms with Crippen LogP contribution in [0.15, 0.2) is 24.3 Å². The number of methoxy groups -OCH3 is 1. The lowest BCUT2D eigenvalue weighted by Gasteiger charge is -2.29. The molecule has 10 heteroatoms. The van der Waals surface area contributed by atoms with Gasteiger partial charge < -0.3 is 25.2 Å². The van der Waals surface area contributed by atoms with Gasteiger partial charge >= 0.3 is 12.1 Å². The average molecular weight is 447 g/mol. The molecular formula is C22H29N3O7. The van der Waals surface area contributed by atoms with Gasteiger partial charge in [0.1, 0.15) is 24.2 Å². The number of aliphatic hydroxyl groups excluding tert-OH is 1. The molecule has 0 spiro atoms. The Hall–Kier alpha value is -3.58. The van der Waals surface area contributed by atoms with Crippen molar-refractivity contribution >= 4 is 23.9 Å². The summed E-state index contributed by atoms with van der Waals surface area (Å²) in [6.45, 7) is 5.46. The number of ether oxygens (including phenoxy) is 2. The molecule has 174 valence electrons. The molecule has 0 aromatic heterocycles. The number of aliphatic hydroxyl groups is 1. The number of nitrogens with one attached hydrogen (secondary N) is 2. The van der Waals surface area contributed by atoms with E-state index in [0.717, 1.165) is 17.6 Å². The van der Waals surface area contributed by atoms with Gasteiger partial charge in [-0.15, -0.1) is 0 Å². The van der Waals surface area contributed by atoms with E-state index < -0.39 is 54.7 Å². The summed E-state index contributed by atoms with van der Waals surface area (Å²) in [5.74, 6) is -2.36. The van der Waals surface area contributed by atoms with Crippen molar-refractivity contribution in [2.45, 2.75) is 45.4 Å². The molecule has 3 N–H and O–H groups in total. The summed E-state index contributed by atoms with van der Waals surface area (Å²) in [5, 5.41) is 14.3. The molecule has 0 bridgehead atoms. The van der Waals surface area contributed by atoms with Gasteiger partial charge in [0, 0.05) is 6.04 Å². The van der Waals surface area contributed by atoms with Crippen molar-refractivity contribution < 1.29 is 33.8 Å². The Morgan fingerprint density at radius 2 is 1.91 bits per heavy atom. The van der Waals surface area contributed by atoms with E-state index >= 15 is 0 Å². The molecule has 3 amide bonds. The van der Waals surface area contributed by atoms with Crippen molar-refractivity contribution in [3.63, 3.8) is 0 Å². The molecule has 0 aliphatic carbocycles. The van der Waals surface area contributed by atoms with Crippen LogP contribution in [0.1, 0.15) is 37.9 Å². The summed E-state index contributed by atoms with van der Waals surface area (Å²) in [6, 6.07) is 6.02. The number of carbonyl (C=O) groups is 4. The van der Waals surface area contributed by atoms with Gasteiger partial charge in [0.2, 0.25) is 5.91 Å². The number of hydrogen-bond donors (Lipinski definition) is 3. The number of esters is 1. The van der Waals surface area contributed by atoms with Crippen LogP contribution >= 0.6 is 0 Å². The first-order valence-corrected chi connectivity index (χ1v) is 9.74. The van der Waals surface area contributed by atoms with E-state index in [1.807, 2.05) is 0 Å². The lowest BCUT2D eigenvalue weighted by atomic mass is 10.0. The number of alkyl carbamates (subject to hydrolysis) is 1. The maximum Gasteiger partial charge on any atom is 0.408 e. The fourth-order valence-corrected chi connectivity index (χ4v) is 2.65. The third kappa shape index (κ3) is 7.92. The van der Waals surface area contributed by atoms with Crippen LogP contribution in [0.25, 0.3) is 0 Å². The highest BCUT2D eigenvalue weighted by Crippen LogP contribution is 2.23. The van der Waals surface area contributed by atoms with Crippen LogP contribution in [-0.2, 0) is 23.9 Å². The quantitative estimate of drug-likeness (QED) is 0.302. The highest BCUT2D eigenvalue weighted by molar-refractivity contribution is 5.94. The molecule has 0 aliphatic heterocycles. The Kier molecular flexibility index (Phi) is 9.69. The SMILES string of the molecule is C#CN(C(=O)C(CO)NC(=O)OC(C)(C)C)C(C(=O)NCC(=O)OC)c1cccc(C)c1. The van der Waals surface area contributed by atoms with Crippen molar-refractivity contribution in [1.82, 2.24) is 15.5 Å². The predicted octanol–water partition coefficient (Wildman–Crippen LogP) is 0.630. The zero-order valence-corrected chi connectivity index (χ0v) is 18.8. The first kappa shape index (κ1) is 26.5. The van der Waals surface area contributed by atoms with Gasteiger partial charge in [-0.2, -0.15) is 0 Å². The van der Waals surface area contributed by atoms with Gasteiger partial charge in [-0.05, 0) is 33.3 Å². The molecule has 32 heavy (non-hydrogen) atoms. The summed E-state index contributed by atoms with van der Waals surface area (Å²) in [7, 11) is 1.16. The highest BCUT2D eigenvalue weighted by Gasteiger charge is 2.35. The van der Waals surface area contributed by atoms with Crippen molar-refractivity contribution in [3.05, 3.63) is 35.4 Å². The summed E-state index contributed by atoms with van der Waals surface area (Å²) in [4.78, 5) is 50.3. The third-order valence-corrected chi connectivity index (χ3v) is 4.05. The van der Waals surface area contributed by atoms with E-state index in [-0.39, 0.29) is 0 Å². The molecular weight excluding hydrogens is 418 g/mol. The van der Waals surface area contributed by atoms with Crippen molar-refractivity contribution in [1.29, 1.82) is 0 Å². The summed E-state index contributed by atoms with van der Waals surface area (Å²) in [5.41, 5.74) is 0.326. The molecule has 0 aliphatic rings. The fourth-order valence-electron chi connectivity index (χ4n) is 2.65. The lowest BCUT2D eigenvalue weighted by Crippen LogP contribution is -2.53. The Morgan fingerprint density at radius 1 is 1.25 bits per heavy atom. The summed E-state index contributed by atoms with van der Waals surface area (Å²) in [6.07, 6.45) is 4.61. The normalized spacial score (nSPS) is 12.5. The van der Waals surface area contributed by atoms with Crippen molar-refractivity contribution in [2.24, 2.45) is 0 Å². The molecule has 0 saturated heterocycles. The van der Waals surface area contributed by atoms with Crippen LogP contribution < -0.4 is 10.6 Å². The molecule has 2 atom stereocenters. The minimum absolute atomic E-state index is 0.368. The monoisotopic (exact) mass is 447 g/mol. The number of terminal acetylenes is 1. The molecule has 0 saturated carbocycles. The molecule has 0 fully saturated rings. The Balaban J connectivity index is 3.24. The Labute approximate surface area is 187 Å². The second kappa shape index (κ2) is 11.7. The van der Waals surface area contributed by atoms with Crippen LogP contribution in [0, 0.1) is 19.4 Å². The van der Waals surface area contributed by atoms with Gasteiger partial charge in [-0.3, -0.25) is 19.3 Å². The number of benzene rings is 1. The van der Waals surface area contributed by atoms with E-state index in [1.165, 1.54) is 0 Å². The van der Waals surface area contributed by atoms with Gasteiger partial charge in [0.05, 0.1) is 13.7 Å². The minimum Gasteiger partial charge on any atom is -0.468 e. The topological polar surface area (TPSA) is 134 Å². The van der Waals surface area contributed by atoms with E-state index in [2.05, 4.69) is 21.4 Å². The van der Waals surface area contributed by atoms with E-state index in [1.54, 1.807) is 52.0 Å². The zero-order chi connectivity index (χ0) is 24.5. The average Bonchev–Trinajstić information content (AvgIpc) is 2.71. The summed E-state index contributed by atoms with van der Waals surface area (Å²) >= 11 is 0. The second-order valence-electron chi connectivity index (χ2n) is 7.83. The Morgan fingerprint density at radius 3 is 2.41 bits per heavy atom. The maximum absolute atomic E-state index is 13.1. The standard InChI is InChI=1S/C22H29N3O7/c1-7-25(20(29)16(13-26)24-21(30)32-22(3,4)5)18(15-10-8-9-14(2)11-15)19(28)23-12-17(27)31-6/h1,8-11,16,18,26H,12-13H2,2-6H3,(H,23,28)(H,24,30). The molecule has 0 heterocycles. The summed E-state index contributed by atoms with van der Waals surface area (Å²) < 4.78 is 9.61. The first-order valence-electron chi connectivity index (χ1n) is 9.74.